The minimum Gasteiger partial charge on any atom is -0.458 e. The second-order valence-electron chi connectivity index (χ2n) is 4.18. The van der Waals surface area contributed by atoms with Crippen LogP contribution in [0.3, 0.4) is 0 Å². The number of rotatable bonds is 4. The van der Waals surface area contributed by atoms with E-state index in [0.29, 0.717) is 16.4 Å². The summed E-state index contributed by atoms with van der Waals surface area (Å²) in [5, 5.41) is 1.14. The molecule has 1 heterocycles. The molecule has 0 spiro atoms. The third-order valence-corrected chi connectivity index (χ3v) is 3.07. The van der Waals surface area contributed by atoms with Gasteiger partial charge in [0.2, 0.25) is 0 Å². The number of fused-ring (bicyclic) bond motifs is 1. The van der Waals surface area contributed by atoms with E-state index in [1.165, 1.54) is 0 Å². The van der Waals surface area contributed by atoms with Gasteiger partial charge in [-0.05, 0) is 18.6 Å². The van der Waals surface area contributed by atoms with Gasteiger partial charge < -0.3 is 4.42 Å². The lowest BCUT2D eigenvalue weighted by molar-refractivity contribution is -0.136. The summed E-state index contributed by atoms with van der Waals surface area (Å²) in [6.45, 7) is 0. The highest BCUT2D eigenvalue weighted by molar-refractivity contribution is 6.34. The minimum atomic E-state index is -4.22. The molecule has 1 aromatic heterocycles. The molecular weight excluding hydrogens is 281 g/mol. The van der Waals surface area contributed by atoms with Crippen LogP contribution in [0.2, 0.25) is 5.02 Å². The quantitative estimate of drug-likeness (QED) is 0.663. The molecule has 0 aliphatic heterocycles. The van der Waals surface area contributed by atoms with Crippen molar-refractivity contribution in [3.8, 4) is 0 Å². The molecule has 2 rings (SSSR count). The zero-order chi connectivity index (χ0) is 14.0. The number of nitrogens with two attached hydrogens (primary N) is 1. The lowest BCUT2D eigenvalue weighted by Gasteiger charge is -2.14. The highest BCUT2D eigenvalue weighted by Gasteiger charge is 2.29. The van der Waals surface area contributed by atoms with Gasteiger partial charge >= 0.3 is 6.18 Å². The molecule has 0 aliphatic rings. The third-order valence-electron chi connectivity index (χ3n) is 2.78. The molecule has 0 saturated heterocycles. The highest BCUT2D eigenvalue weighted by atomic mass is 35.5. The maximum absolute atomic E-state index is 12.2. The number of nitrogens with one attached hydrogen (secondary N) is 1. The Morgan fingerprint density at radius 3 is 2.68 bits per heavy atom. The van der Waals surface area contributed by atoms with Gasteiger partial charge in [-0.25, -0.2) is 5.43 Å². The lowest BCUT2D eigenvalue weighted by Crippen LogP contribution is -2.28. The first-order chi connectivity index (χ1) is 8.90. The number of para-hydroxylation sites is 1. The van der Waals surface area contributed by atoms with E-state index in [1.54, 1.807) is 24.3 Å². The van der Waals surface area contributed by atoms with Crippen LogP contribution in [0.1, 0.15) is 24.6 Å². The van der Waals surface area contributed by atoms with E-state index in [4.69, 9.17) is 21.9 Å². The summed E-state index contributed by atoms with van der Waals surface area (Å²) in [6, 6.07) is 6.10. The monoisotopic (exact) mass is 292 g/mol. The Balaban J connectivity index is 2.23. The van der Waals surface area contributed by atoms with Crippen molar-refractivity contribution in [3.05, 3.63) is 35.0 Å². The number of hydrogen-bond acceptors (Lipinski definition) is 3. The molecule has 1 aromatic carbocycles. The van der Waals surface area contributed by atoms with E-state index in [0.717, 1.165) is 5.39 Å². The normalized spacial score (nSPS) is 13.9. The first-order valence-corrected chi connectivity index (χ1v) is 5.99. The maximum Gasteiger partial charge on any atom is 0.389 e. The zero-order valence-electron chi connectivity index (χ0n) is 9.80. The summed E-state index contributed by atoms with van der Waals surface area (Å²) < 4.78 is 42.1. The molecule has 0 amide bonds. The second kappa shape index (κ2) is 5.40. The van der Waals surface area contributed by atoms with E-state index in [2.05, 4.69) is 5.43 Å². The molecule has 1 unspecified atom stereocenters. The van der Waals surface area contributed by atoms with E-state index in [1.807, 2.05) is 0 Å². The topological polar surface area (TPSA) is 51.2 Å². The van der Waals surface area contributed by atoms with Gasteiger partial charge in [-0.15, -0.1) is 0 Å². The largest absolute Gasteiger partial charge is 0.458 e. The summed E-state index contributed by atoms with van der Waals surface area (Å²) in [7, 11) is 0. The van der Waals surface area contributed by atoms with Gasteiger partial charge in [-0.2, -0.15) is 13.2 Å². The van der Waals surface area contributed by atoms with Gasteiger partial charge in [0.05, 0.1) is 11.1 Å². The highest BCUT2D eigenvalue weighted by Crippen LogP contribution is 2.32. The first kappa shape index (κ1) is 14.2. The Morgan fingerprint density at radius 1 is 1.37 bits per heavy atom. The fourth-order valence-electron chi connectivity index (χ4n) is 1.83. The van der Waals surface area contributed by atoms with Gasteiger partial charge in [0.1, 0.15) is 5.76 Å². The van der Waals surface area contributed by atoms with Crippen molar-refractivity contribution in [1.29, 1.82) is 0 Å². The van der Waals surface area contributed by atoms with Gasteiger partial charge in [0.15, 0.2) is 5.58 Å². The van der Waals surface area contributed by atoms with Gasteiger partial charge in [0.25, 0.3) is 0 Å². The molecule has 0 radical (unpaired) electrons. The number of furan rings is 1. The molecule has 2 aromatic rings. The molecular formula is C12H12ClF3N2O. The Hall–Kier alpha value is -1.24. The van der Waals surface area contributed by atoms with Crippen molar-refractivity contribution in [2.45, 2.75) is 25.1 Å². The fraction of sp³-hybridized carbons (Fsp3) is 0.333. The Bertz CT molecular complexity index is 568. The number of hydrazine groups is 1. The molecule has 3 N–H and O–H groups in total. The third kappa shape index (κ3) is 3.40. The Kier molecular flexibility index (Phi) is 4.03. The van der Waals surface area contributed by atoms with Crippen molar-refractivity contribution >= 4 is 22.6 Å². The molecule has 0 aliphatic carbocycles. The molecule has 19 heavy (non-hydrogen) atoms. The predicted octanol–water partition coefficient (Wildman–Crippen LogP) is 3.93. The number of alkyl halides is 3. The summed E-state index contributed by atoms with van der Waals surface area (Å²) in [6.07, 6.45) is -5.36. The van der Waals surface area contributed by atoms with Crippen molar-refractivity contribution < 1.29 is 17.6 Å². The van der Waals surface area contributed by atoms with Crippen molar-refractivity contribution in [3.63, 3.8) is 0 Å². The Labute approximate surface area is 112 Å². The lowest BCUT2D eigenvalue weighted by atomic mass is 10.1. The standard InChI is InChI=1S/C12H12ClF3N2O/c13-8-3-1-2-7-6-10(19-11(7)8)9(18-17)4-5-12(14,15)16/h1-3,6,9,18H,4-5,17H2. The predicted molar refractivity (Wildman–Crippen MR) is 66.6 cm³/mol. The number of halogens is 4. The average molecular weight is 293 g/mol. The van der Waals surface area contributed by atoms with Crippen LogP contribution in [0.25, 0.3) is 11.0 Å². The molecule has 0 fully saturated rings. The summed E-state index contributed by atoms with van der Waals surface area (Å²) >= 11 is 5.94. The number of hydrogen-bond donors (Lipinski definition) is 2. The van der Waals surface area contributed by atoms with Crippen LogP contribution in [0, 0.1) is 0 Å². The smallest absolute Gasteiger partial charge is 0.389 e. The molecule has 3 nitrogen and oxygen atoms in total. The average Bonchev–Trinajstić information content (AvgIpc) is 2.73. The van der Waals surface area contributed by atoms with Gasteiger partial charge in [-0.3, -0.25) is 5.84 Å². The van der Waals surface area contributed by atoms with Crippen molar-refractivity contribution in [1.82, 2.24) is 5.43 Å². The maximum atomic E-state index is 12.2. The first-order valence-electron chi connectivity index (χ1n) is 5.61. The number of benzene rings is 1. The van der Waals surface area contributed by atoms with E-state index in [-0.39, 0.29) is 6.42 Å². The molecule has 7 heteroatoms. The van der Waals surface area contributed by atoms with Crippen LogP contribution in [0.5, 0.6) is 0 Å². The van der Waals surface area contributed by atoms with E-state index < -0.39 is 18.6 Å². The van der Waals surface area contributed by atoms with E-state index in [9.17, 15) is 13.2 Å². The zero-order valence-corrected chi connectivity index (χ0v) is 10.6. The van der Waals surface area contributed by atoms with Crippen molar-refractivity contribution in [2.24, 2.45) is 5.84 Å². The summed E-state index contributed by atoms with van der Waals surface area (Å²) in [4.78, 5) is 0. The molecule has 0 saturated carbocycles. The molecule has 0 bridgehead atoms. The van der Waals surface area contributed by atoms with Crippen LogP contribution >= 0.6 is 11.6 Å². The van der Waals surface area contributed by atoms with Gasteiger partial charge in [-0.1, -0.05) is 23.7 Å². The molecule has 104 valence electrons. The van der Waals surface area contributed by atoms with Crippen LogP contribution in [0.15, 0.2) is 28.7 Å². The van der Waals surface area contributed by atoms with Crippen LogP contribution in [0.4, 0.5) is 13.2 Å². The van der Waals surface area contributed by atoms with Crippen LogP contribution in [-0.4, -0.2) is 6.18 Å². The second-order valence-corrected chi connectivity index (χ2v) is 4.59. The summed E-state index contributed by atoms with van der Waals surface area (Å²) in [5.41, 5.74) is 2.78. The van der Waals surface area contributed by atoms with Gasteiger partial charge in [0, 0.05) is 11.8 Å². The molecule has 1 atom stereocenters. The fourth-order valence-corrected chi connectivity index (χ4v) is 2.06. The SMILES string of the molecule is NNC(CCC(F)(F)F)c1cc2cccc(Cl)c2o1. The summed E-state index contributed by atoms with van der Waals surface area (Å²) in [5.74, 6) is 5.63. The Morgan fingerprint density at radius 2 is 2.11 bits per heavy atom. The van der Waals surface area contributed by atoms with Crippen LogP contribution < -0.4 is 11.3 Å². The van der Waals surface area contributed by atoms with Crippen LogP contribution in [-0.2, 0) is 0 Å². The minimum absolute atomic E-state index is 0.197. The van der Waals surface area contributed by atoms with E-state index >= 15 is 0 Å². The van der Waals surface area contributed by atoms with Crippen molar-refractivity contribution in [2.75, 3.05) is 0 Å².